The number of hydrogen-bond acceptors (Lipinski definition) is 2. The molecular formula is C5H6OS. The predicted molar refractivity (Wildman–Crippen MR) is 30.7 cm³/mol. The summed E-state index contributed by atoms with van der Waals surface area (Å²) in [6.07, 6.45) is 0. The Balaban J connectivity index is 3.12. The van der Waals surface area contributed by atoms with Gasteiger partial charge in [-0.25, -0.2) is 0 Å². The lowest BCUT2D eigenvalue weighted by Crippen LogP contribution is -1.55. The first-order valence-electron chi connectivity index (χ1n) is 2.04. The maximum atomic E-state index is 8.78. The van der Waals surface area contributed by atoms with E-state index in [1.165, 1.54) is 11.3 Å². The molecule has 0 amide bonds. The fraction of sp³-hybridized carbons (Fsp3) is 0.200. The van der Waals surface area contributed by atoms with E-state index in [1.54, 1.807) is 0 Å². The smallest absolute Gasteiger partial charge is 0.174 e. The lowest BCUT2D eigenvalue weighted by atomic mass is 10.4. The molecule has 0 saturated carbocycles. The summed E-state index contributed by atoms with van der Waals surface area (Å²) in [4.78, 5) is 0. The monoisotopic (exact) mass is 114 g/mol. The summed E-state index contributed by atoms with van der Waals surface area (Å²) >= 11 is 1.36. The second kappa shape index (κ2) is 1.54. The number of aryl methyl sites for hydroxylation is 1. The zero-order valence-electron chi connectivity index (χ0n) is 4.01. The van der Waals surface area contributed by atoms with E-state index in [9.17, 15) is 0 Å². The van der Waals surface area contributed by atoms with Crippen LogP contribution in [-0.2, 0) is 0 Å². The molecule has 0 atom stereocenters. The van der Waals surface area contributed by atoms with E-state index >= 15 is 0 Å². The molecule has 1 N–H and O–H groups in total. The molecule has 0 unspecified atom stereocenters. The summed E-state index contributed by atoms with van der Waals surface area (Å²) < 4.78 is 0. The Morgan fingerprint density at radius 2 is 2.43 bits per heavy atom. The van der Waals surface area contributed by atoms with Crippen LogP contribution < -0.4 is 0 Å². The van der Waals surface area contributed by atoms with E-state index in [0.717, 1.165) is 5.56 Å². The maximum absolute atomic E-state index is 8.78. The summed E-state index contributed by atoms with van der Waals surface area (Å²) in [5.41, 5.74) is 0.963. The zero-order valence-corrected chi connectivity index (χ0v) is 4.83. The highest BCUT2D eigenvalue weighted by molar-refractivity contribution is 7.11. The van der Waals surface area contributed by atoms with Crippen molar-refractivity contribution in [3.63, 3.8) is 0 Å². The Bertz CT molecular complexity index is 140. The third kappa shape index (κ3) is 0.747. The molecule has 0 aliphatic heterocycles. The number of rotatable bonds is 0. The van der Waals surface area contributed by atoms with Crippen LogP contribution >= 0.6 is 11.3 Å². The maximum Gasteiger partial charge on any atom is 0.174 e. The van der Waals surface area contributed by atoms with E-state index in [-0.39, 0.29) is 0 Å². The summed E-state index contributed by atoms with van der Waals surface area (Å²) in [5.74, 6) is 0. The lowest BCUT2D eigenvalue weighted by Gasteiger charge is -1.79. The van der Waals surface area contributed by atoms with Crippen LogP contribution in [0.25, 0.3) is 0 Å². The molecule has 1 aromatic rings. The van der Waals surface area contributed by atoms with Crippen molar-refractivity contribution in [3.05, 3.63) is 17.0 Å². The second-order valence-electron chi connectivity index (χ2n) is 1.41. The van der Waals surface area contributed by atoms with Gasteiger partial charge in [-0.1, -0.05) is 0 Å². The predicted octanol–water partition coefficient (Wildman–Crippen LogP) is 1.76. The summed E-state index contributed by atoms with van der Waals surface area (Å²) in [5, 5.41) is 11.1. The highest BCUT2D eigenvalue weighted by Crippen LogP contribution is 2.21. The van der Waals surface area contributed by atoms with E-state index < -0.39 is 0 Å². The van der Waals surface area contributed by atoms with Crippen molar-refractivity contribution in [2.75, 3.05) is 0 Å². The summed E-state index contributed by atoms with van der Waals surface area (Å²) in [6, 6.07) is 1.89. The Hall–Kier alpha value is -0.500. The van der Waals surface area contributed by atoms with Crippen LogP contribution in [0.1, 0.15) is 5.56 Å². The average Bonchev–Trinajstić information content (AvgIpc) is 1.91. The normalized spacial score (nSPS) is 9.29. The topological polar surface area (TPSA) is 20.2 Å². The molecule has 38 valence electrons. The van der Waals surface area contributed by atoms with Gasteiger partial charge in [-0.05, 0) is 18.4 Å². The SMILES string of the molecule is Cc1ccsc1O. The van der Waals surface area contributed by atoms with Gasteiger partial charge >= 0.3 is 0 Å². The van der Waals surface area contributed by atoms with Crippen LogP contribution in [0.3, 0.4) is 0 Å². The molecule has 0 aliphatic rings. The van der Waals surface area contributed by atoms with Crippen molar-refractivity contribution in [2.24, 2.45) is 0 Å². The molecule has 2 heteroatoms. The molecule has 1 rings (SSSR count). The molecule has 7 heavy (non-hydrogen) atoms. The number of thiophene rings is 1. The average molecular weight is 114 g/mol. The first-order chi connectivity index (χ1) is 3.30. The lowest BCUT2D eigenvalue weighted by molar-refractivity contribution is 0.487. The molecule has 0 bridgehead atoms. The van der Waals surface area contributed by atoms with E-state index in [0.29, 0.717) is 5.06 Å². The molecule has 0 aliphatic carbocycles. The highest BCUT2D eigenvalue weighted by Gasteiger charge is 1.90. The van der Waals surface area contributed by atoms with Crippen LogP contribution in [0.2, 0.25) is 0 Å². The number of aromatic hydroxyl groups is 1. The van der Waals surface area contributed by atoms with Crippen molar-refractivity contribution in [3.8, 4) is 5.06 Å². The summed E-state index contributed by atoms with van der Waals surface area (Å²) in [7, 11) is 0. The first-order valence-corrected chi connectivity index (χ1v) is 2.92. The van der Waals surface area contributed by atoms with Gasteiger partial charge in [0, 0.05) is 5.56 Å². The van der Waals surface area contributed by atoms with Crippen LogP contribution in [0.5, 0.6) is 5.06 Å². The van der Waals surface area contributed by atoms with Crippen LogP contribution in [-0.4, -0.2) is 5.11 Å². The Morgan fingerprint density at radius 3 is 2.57 bits per heavy atom. The zero-order chi connectivity index (χ0) is 5.28. The van der Waals surface area contributed by atoms with E-state index in [2.05, 4.69) is 0 Å². The van der Waals surface area contributed by atoms with Crippen LogP contribution in [0.15, 0.2) is 11.4 Å². The van der Waals surface area contributed by atoms with Gasteiger partial charge in [0.1, 0.15) is 0 Å². The van der Waals surface area contributed by atoms with Crippen molar-refractivity contribution in [1.82, 2.24) is 0 Å². The minimum absolute atomic E-state index is 0.431. The standard InChI is InChI=1S/C5H6OS/c1-4-2-3-7-5(4)6/h2-3,6H,1H3. The third-order valence-corrected chi connectivity index (χ3v) is 1.65. The molecule has 0 spiro atoms. The van der Waals surface area contributed by atoms with E-state index in [4.69, 9.17) is 5.11 Å². The fourth-order valence-corrected chi connectivity index (χ4v) is 1.02. The Labute approximate surface area is 46.2 Å². The van der Waals surface area contributed by atoms with Gasteiger partial charge in [-0.2, -0.15) is 0 Å². The molecule has 0 saturated heterocycles. The van der Waals surface area contributed by atoms with Crippen LogP contribution in [0.4, 0.5) is 0 Å². The quantitative estimate of drug-likeness (QED) is 0.545. The minimum Gasteiger partial charge on any atom is -0.499 e. The van der Waals surface area contributed by atoms with Gasteiger partial charge in [0.15, 0.2) is 5.06 Å². The van der Waals surface area contributed by atoms with Gasteiger partial charge in [0.25, 0.3) is 0 Å². The Morgan fingerprint density at radius 1 is 1.71 bits per heavy atom. The van der Waals surface area contributed by atoms with Crippen LogP contribution in [0, 0.1) is 6.92 Å². The van der Waals surface area contributed by atoms with E-state index in [1.807, 2.05) is 18.4 Å². The minimum atomic E-state index is 0.431. The molecule has 1 heterocycles. The van der Waals surface area contributed by atoms with Crippen molar-refractivity contribution in [2.45, 2.75) is 6.92 Å². The van der Waals surface area contributed by atoms with Gasteiger partial charge in [0.2, 0.25) is 0 Å². The molecule has 0 fully saturated rings. The molecule has 0 aromatic carbocycles. The molecule has 1 aromatic heterocycles. The second-order valence-corrected chi connectivity index (χ2v) is 2.30. The Kier molecular flexibility index (Phi) is 1.02. The molecule has 1 nitrogen and oxygen atoms in total. The fourth-order valence-electron chi connectivity index (χ4n) is 0.365. The van der Waals surface area contributed by atoms with Gasteiger partial charge < -0.3 is 5.11 Å². The molecular weight excluding hydrogens is 108 g/mol. The van der Waals surface area contributed by atoms with Gasteiger partial charge in [0.05, 0.1) is 0 Å². The first kappa shape index (κ1) is 4.65. The summed E-state index contributed by atoms with van der Waals surface area (Å²) in [6.45, 7) is 1.88. The number of hydrogen-bond donors (Lipinski definition) is 1. The van der Waals surface area contributed by atoms with Crippen molar-refractivity contribution in [1.29, 1.82) is 0 Å². The highest BCUT2D eigenvalue weighted by atomic mass is 32.1. The third-order valence-electron chi connectivity index (χ3n) is 0.835. The van der Waals surface area contributed by atoms with Gasteiger partial charge in [-0.15, -0.1) is 11.3 Å². The van der Waals surface area contributed by atoms with Crippen molar-refractivity contribution < 1.29 is 5.11 Å². The van der Waals surface area contributed by atoms with Crippen molar-refractivity contribution >= 4 is 11.3 Å². The molecule has 0 radical (unpaired) electrons. The largest absolute Gasteiger partial charge is 0.499 e. The van der Waals surface area contributed by atoms with Gasteiger partial charge in [-0.3, -0.25) is 0 Å².